The van der Waals surface area contributed by atoms with Crippen LogP contribution in [0.4, 0.5) is 5.69 Å². The van der Waals surface area contributed by atoms with Gasteiger partial charge in [-0.3, -0.25) is 9.52 Å². The first-order chi connectivity index (χ1) is 15.6. The zero-order valence-corrected chi connectivity index (χ0v) is 20.3. The summed E-state index contributed by atoms with van der Waals surface area (Å²) < 4.78 is 39.0. The first-order valence-electron chi connectivity index (χ1n) is 10.1. The van der Waals surface area contributed by atoms with Crippen LogP contribution in [0, 0.1) is 6.92 Å². The molecule has 2 N–H and O–H groups in total. The van der Waals surface area contributed by atoms with E-state index in [0.717, 1.165) is 5.56 Å². The molecule has 0 bridgehead atoms. The van der Waals surface area contributed by atoms with Crippen molar-refractivity contribution in [3.63, 3.8) is 0 Å². The second-order valence-electron chi connectivity index (χ2n) is 7.42. The quantitative estimate of drug-likeness (QED) is 0.467. The predicted molar refractivity (Wildman–Crippen MR) is 129 cm³/mol. The molecule has 3 rings (SSSR count). The second kappa shape index (κ2) is 10.1. The molecule has 0 aromatic heterocycles. The van der Waals surface area contributed by atoms with Gasteiger partial charge in [-0.05, 0) is 67.9 Å². The van der Waals surface area contributed by atoms with Crippen molar-refractivity contribution in [3.05, 3.63) is 82.4 Å². The number of benzene rings is 3. The van der Waals surface area contributed by atoms with Crippen molar-refractivity contribution in [3.8, 4) is 11.5 Å². The Morgan fingerprint density at radius 1 is 1.00 bits per heavy atom. The van der Waals surface area contributed by atoms with Crippen molar-refractivity contribution in [2.75, 3.05) is 18.9 Å². The molecule has 0 saturated heterocycles. The van der Waals surface area contributed by atoms with Gasteiger partial charge in [-0.2, -0.15) is 0 Å². The topological polar surface area (TPSA) is 93.7 Å². The number of hydrogen-bond acceptors (Lipinski definition) is 5. The molecule has 3 aromatic carbocycles. The lowest BCUT2D eigenvalue weighted by Gasteiger charge is -2.18. The van der Waals surface area contributed by atoms with E-state index in [0.29, 0.717) is 22.7 Å². The fourth-order valence-corrected chi connectivity index (χ4v) is 4.88. The number of anilines is 1. The van der Waals surface area contributed by atoms with Crippen LogP contribution in [-0.4, -0.2) is 28.5 Å². The largest absolute Gasteiger partial charge is 0.497 e. The SMILES string of the molecule is COc1ccc(OC)c([C@H](C)NC(=O)c2ccc(Cl)c(S(=O)(=O)Nc3cccc(C)c3)c2)c1. The molecular weight excluding hydrogens is 464 g/mol. The first-order valence-corrected chi connectivity index (χ1v) is 11.9. The minimum atomic E-state index is -4.02. The molecule has 0 aliphatic rings. The molecular formula is C24H25ClN2O5S. The van der Waals surface area contributed by atoms with Crippen LogP contribution in [-0.2, 0) is 10.0 Å². The standard InChI is InChI=1S/C24H25ClN2O5S/c1-15-6-5-7-18(12-15)27-33(29,30)23-13-17(8-10-21(23)25)24(28)26-16(2)20-14-19(31-3)9-11-22(20)32-4/h5-14,16,27H,1-4H3,(H,26,28)/t16-/m0/s1. The van der Waals surface area contributed by atoms with Gasteiger partial charge in [0.05, 0.1) is 25.3 Å². The molecule has 0 aliphatic carbocycles. The van der Waals surface area contributed by atoms with Crippen LogP contribution in [0.1, 0.15) is 34.5 Å². The average molecular weight is 489 g/mol. The molecule has 0 saturated carbocycles. The maximum atomic E-state index is 12.9. The summed E-state index contributed by atoms with van der Waals surface area (Å²) in [5.74, 6) is 0.746. The minimum absolute atomic E-state index is 0.00853. The Morgan fingerprint density at radius 3 is 2.42 bits per heavy atom. The lowest BCUT2D eigenvalue weighted by Crippen LogP contribution is -2.27. The normalized spacial score (nSPS) is 12.0. The Bertz CT molecular complexity index is 1280. The highest BCUT2D eigenvalue weighted by Gasteiger charge is 2.22. The van der Waals surface area contributed by atoms with Crippen molar-refractivity contribution in [2.24, 2.45) is 0 Å². The average Bonchev–Trinajstić information content (AvgIpc) is 2.78. The number of methoxy groups -OCH3 is 2. The summed E-state index contributed by atoms with van der Waals surface area (Å²) in [4.78, 5) is 12.7. The van der Waals surface area contributed by atoms with Crippen LogP contribution >= 0.6 is 11.6 Å². The number of carbonyl (C=O) groups is 1. The maximum absolute atomic E-state index is 12.9. The number of halogens is 1. The monoisotopic (exact) mass is 488 g/mol. The van der Waals surface area contributed by atoms with E-state index in [1.165, 1.54) is 25.3 Å². The Balaban J connectivity index is 1.86. The number of nitrogens with one attached hydrogen (secondary N) is 2. The predicted octanol–water partition coefficient (Wildman–Crippen LogP) is 4.96. The van der Waals surface area contributed by atoms with Crippen LogP contribution in [0.5, 0.6) is 11.5 Å². The third-order valence-electron chi connectivity index (χ3n) is 5.00. The van der Waals surface area contributed by atoms with Crippen molar-refractivity contribution < 1.29 is 22.7 Å². The van der Waals surface area contributed by atoms with Crippen LogP contribution in [0.3, 0.4) is 0 Å². The Kier molecular flexibility index (Phi) is 7.50. The van der Waals surface area contributed by atoms with Gasteiger partial charge in [0, 0.05) is 16.8 Å². The fraction of sp³-hybridized carbons (Fsp3) is 0.208. The molecule has 3 aromatic rings. The number of sulfonamides is 1. The highest BCUT2D eigenvalue weighted by molar-refractivity contribution is 7.92. The summed E-state index contributed by atoms with van der Waals surface area (Å²) in [6.45, 7) is 3.65. The third kappa shape index (κ3) is 5.77. The number of ether oxygens (including phenoxy) is 2. The summed E-state index contributed by atoms with van der Waals surface area (Å²) in [6, 6.07) is 15.9. The van der Waals surface area contributed by atoms with E-state index in [9.17, 15) is 13.2 Å². The van der Waals surface area contributed by atoms with E-state index >= 15 is 0 Å². The molecule has 0 spiro atoms. The summed E-state index contributed by atoms with van der Waals surface area (Å²) in [5, 5.41) is 2.87. The molecule has 0 unspecified atom stereocenters. The van der Waals surface area contributed by atoms with E-state index in [-0.39, 0.29) is 15.5 Å². The molecule has 9 heteroatoms. The molecule has 0 fully saturated rings. The molecule has 1 amide bonds. The van der Waals surface area contributed by atoms with E-state index in [2.05, 4.69) is 10.0 Å². The van der Waals surface area contributed by atoms with Crippen molar-refractivity contribution in [1.82, 2.24) is 5.32 Å². The molecule has 7 nitrogen and oxygen atoms in total. The summed E-state index contributed by atoms with van der Waals surface area (Å²) in [6.07, 6.45) is 0. The number of amides is 1. The molecule has 1 atom stereocenters. The first kappa shape index (κ1) is 24.4. The van der Waals surface area contributed by atoms with Gasteiger partial charge in [0.2, 0.25) is 0 Å². The number of hydrogen-bond donors (Lipinski definition) is 2. The zero-order valence-electron chi connectivity index (χ0n) is 18.7. The van der Waals surface area contributed by atoms with Gasteiger partial charge in [-0.25, -0.2) is 8.42 Å². The summed E-state index contributed by atoms with van der Waals surface area (Å²) >= 11 is 6.18. The smallest absolute Gasteiger partial charge is 0.263 e. The van der Waals surface area contributed by atoms with Gasteiger partial charge in [0.15, 0.2) is 0 Å². The van der Waals surface area contributed by atoms with Crippen molar-refractivity contribution >= 4 is 33.2 Å². The molecule has 0 radical (unpaired) electrons. The Labute approximate surface area is 198 Å². The zero-order chi connectivity index (χ0) is 24.2. The van der Waals surface area contributed by atoms with E-state index in [1.807, 2.05) is 13.0 Å². The minimum Gasteiger partial charge on any atom is -0.497 e. The Morgan fingerprint density at radius 2 is 1.76 bits per heavy atom. The second-order valence-corrected chi connectivity index (χ2v) is 9.48. The third-order valence-corrected chi connectivity index (χ3v) is 6.87. The van der Waals surface area contributed by atoms with Gasteiger partial charge in [0.25, 0.3) is 15.9 Å². The van der Waals surface area contributed by atoms with Gasteiger partial charge in [-0.15, -0.1) is 0 Å². The lowest BCUT2D eigenvalue weighted by atomic mass is 10.1. The number of carbonyl (C=O) groups excluding carboxylic acids is 1. The maximum Gasteiger partial charge on any atom is 0.263 e. The molecule has 0 aliphatic heterocycles. The van der Waals surface area contributed by atoms with Gasteiger partial charge < -0.3 is 14.8 Å². The van der Waals surface area contributed by atoms with Crippen molar-refractivity contribution in [2.45, 2.75) is 24.8 Å². The van der Waals surface area contributed by atoms with Crippen LogP contribution in [0.15, 0.2) is 65.6 Å². The van der Waals surface area contributed by atoms with Gasteiger partial charge in [-0.1, -0.05) is 23.7 Å². The molecule has 33 heavy (non-hydrogen) atoms. The Hall–Kier alpha value is -3.23. The highest BCUT2D eigenvalue weighted by Crippen LogP contribution is 2.30. The van der Waals surface area contributed by atoms with Crippen molar-refractivity contribution in [1.29, 1.82) is 0 Å². The molecule has 0 heterocycles. The lowest BCUT2D eigenvalue weighted by molar-refractivity contribution is 0.0939. The fourth-order valence-electron chi connectivity index (χ4n) is 3.30. The van der Waals surface area contributed by atoms with Crippen LogP contribution in [0.2, 0.25) is 5.02 Å². The summed E-state index contributed by atoms with van der Waals surface area (Å²) in [5.41, 5.74) is 2.17. The highest BCUT2D eigenvalue weighted by atomic mass is 35.5. The van der Waals surface area contributed by atoms with Crippen LogP contribution < -0.4 is 19.5 Å². The van der Waals surface area contributed by atoms with Gasteiger partial charge in [0.1, 0.15) is 16.4 Å². The molecule has 174 valence electrons. The van der Waals surface area contributed by atoms with E-state index < -0.39 is 22.0 Å². The van der Waals surface area contributed by atoms with E-state index in [1.54, 1.807) is 50.4 Å². The van der Waals surface area contributed by atoms with Gasteiger partial charge >= 0.3 is 0 Å². The number of rotatable bonds is 8. The number of aryl methyl sites for hydroxylation is 1. The summed E-state index contributed by atoms with van der Waals surface area (Å²) in [7, 11) is -0.926. The van der Waals surface area contributed by atoms with Crippen LogP contribution in [0.25, 0.3) is 0 Å². The van der Waals surface area contributed by atoms with E-state index in [4.69, 9.17) is 21.1 Å².